The van der Waals surface area contributed by atoms with Gasteiger partial charge in [0.15, 0.2) is 0 Å². The van der Waals surface area contributed by atoms with E-state index >= 15 is 0 Å². The van der Waals surface area contributed by atoms with Crippen LogP contribution < -0.4 is 0 Å². The Morgan fingerprint density at radius 2 is 2.00 bits per heavy atom. The molecular formula is C11H20O2. The van der Waals surface area contributed by atoms with Gasteiger partial charge < -0.3 is 9.53 Å². The average Bonchev–Trinajstić information content (AvgIpc) is 2.11. The van der Waals surface area contributed by atoms with Crippen LogP contribution in [0.4, 0.5) is 0 Å². The van der Waals surface area contributed by atoms with Crippen LogP contribution in [-0.4, -0.2) is 19.0 Å². The van der Waals surface area contributed by atoms with Crippen LogP contribution >= 0.6 is 0 Å². The summed E-state index contributed by atoms with van der Waals surface area (Å²) in [6.45, 7) is 9.65. The van der Waals surface area contributed by atoms with Crippen LogP contribution in [0.5, 0.6) is 0 Å². The zero-order chi connectivity index (χ0) is 10.4. The molecule has 2 atom stereocenters. The van der Waals surface area contributed by atoms with Crippen LogP contribution in [0.25, 0.3) is 0 Å². The van der Waals surface area contributed by atoms with E-state index in [-0.39, 0.29) is 11.9 Å². The van der Waals surface area contributed by atoms with Crippen molar-refractivity contribution < 1.29 is 9.53 Å². The van der Waals surface area contributed by atoms with Crippen molar-refractivity contribution in [1.82, 2.24) is 0 Å². The summed E-state index contributed by atoms with van der Waals surface area (Å²) in [4.78, 5) is 10.7. The van der Waals surface area contributed by atoms with Gasteiger partial charge in [-0.1, -0.05) is 13.5 Å². The smallest absolute Gasteiger partial charge is 0.129 e. The highest BCUT2D eigenvalue weighted by Crippen LogP contribution is 2.19. The van der Waals surface area contributed by atoms with Crippen molar-refractivity contribution in [1.29, 1.82) is 0 Å². The summed E-state index contributed by atoms with van der Waals surface area (Å²) in [6, 6.07) is 0. The van der Waals surface area contributed by atoms with Crippen LogP contribution in [-0.2, 0) is 9.53 Å². The number of ketones is 1. The van der Waals surface area contributed by atoms with Gasteiger partial charge in [-0.2, -0.15) is 0 Å². The molecule has 0 radical (unpaired) electrons. The molecule has 0 aliphatic carbocycles. The fourth-order valence-corrected chi connectivity index (χ4v) is 1.16. The fraction of sp³-hybridized carbons (Fsp3) is 0.727. The minimum absolute atomic E-state index is 0.0851. The average molecular weight is 184 g/mol. The SMILES string of the molecule is C=C(C(C)CCC(C)=O)C(C)OC. The Morgan fingerprint density at radius 1 is 1.46 bits per heavy atom. The van der Waals surface area contributed by atoms with Gasteiger partial charge in [-0.3, -0.25) is 0 Å². The number of carbonyl (C=O) groups is 1. The third kappa shape index (κ3) is 4.83. The summed E-state index contributed by atoms with van der Waals surface area (Å²) < 4.78 is 5.16. The molecule has 0 saturated heterocycles. The monoisotopic (exact) mass is 184 g/mol. The number of Topliss-reactive ketones (excluding diaryl/α,β-unsaturated/α-hetero) is 1. The standard InChI is InChI=1S/C11H20O2/c1-8(6-7-9(2)12)10(3)11(4)13-5/h8,11H,3,6-7H2,1-2,4-5H3. The van der Waals surface area contributed by atoms with Gasteiger partial charge >= 0.3 is 0 Å². The molecule has 0 fully saturated rings. The van der Waals surface area contributed by atoms with Crippen molar-refractivity contribution in [2.45, 2.75) is 39.7 Å². The Morgan fingerprint density at radius 3 is 2.38 bits per heavy atom. The predicted octanol–water partition coefficient (Wildman–Crippen LogP) is 2.58. The van der Waals surface area contributed by atoms with Crippen molar-refractivity contribution in [3.63, 3.8) is 0 Å². The minimum atomic E-state index is 0.0851. The van der Waals surface area contributed by atoms with E-state index in [1.54, 1.807) is 14.0 Å². The largest absolute Gasteiger partial charge is 0.377 e. The number of hydrogen-bond donors (Lipinski definition) is 0. The molecule has 0 rings (SSSR count). The second-order valence-corrected chi connectivity index (χ2v) is 3.59. The molecule has 0 amide bonds. The number of hydrogen-bond acceptors (Lipinski definition) is 2. The molecule has 0 spiro atoms. The van der Waals surface area contributed by atoms with Gasteiger partial charge in [0.1, 0.15) is 5.78 Å². The molecule has 0 aromatic rings. The molecule has 2 unspecified atom stereocenters. The Hall–Kier alpha value is -0.630. The van der Waals surface area contributed by atoms with Crippen molar-refractivity contribution in [2.24, 2.45) is 5.92 Å². The molecule has 0 aliphatic heterocycles. The maximum Gasteiger partial charge on any atom is 0.129 e. The van der Waals surface area contributed by atoms with E-state index in [0.29, 0.717) is 12.3 Å². The molecule has 0 aromatic heterocycles. The molecule has 0 aromatic carbocycles. The van der Waals surface area contributed by atoms with E-state index in [4.69, 9.17) is 4.74 Å². The van der Waals surface area contributed by atoms with Gasteiger partial charge in [0.2, 0.25) is 0 Å². The first-order chi connectivity index (χ1) is 5.99. The lowest BCUT2D eigenvalue weighted by atomic mass is 9.93. The van der Waals surface area contributed by atoms with E-state index in [1.165, 1.54) is 0 Å². The van der Waals surface area contributed by atoms with Gasteiger partial charge in [0.25, 0.3) is 0 Å². The van der Waals surface area contributed by atoms with E-state index in [0.717, 1.165) is 12.0 Å². The molecule has 0 saturated carbocycles. The number of ether oxygens (including phenoxy) is 1. The Kier molecular flexibility index (Phi) is 5.63. The summed E-state index contributed by atoms with van der Waals surface area (Å²) >= 11 is 0. The second kappa shape index (κ2) is 5.92. The van der Waals surface area contributed by atoms with Gasteiger partial charge in [0, 0.05) is 13.5 Å². The van der Waals surface area contributed by atoms with Crippen LogP contribution in [0.2, 0.25) is 0 Å². The number of rotatable bonds is 6. The molecule has 2 nitrogen and oxygen atoms in total. The molecule has 0 heterocycles. The summed E-state index contributed by atoms with van der Waals surface area (Å²) in [5.74, 6) is 0.601. The third-order valence-electron chi connectivity index (χ3n) is 2.44. The van der Waals surface area contributed by atoms with Gasteiger partial charge in [-0.25, -0.2) is 0 Å². The first-order valence-electron chi connectivity index (χ1n) is 4.70. The molecule has 76 valence electrons. The normalized spacial score (nSPS) is 15.1. The predicted molar refractivity (Wildman–Crippen MR) is 54.7 cm³/mol. The summed E-state index contributed by atoms with van der Waals surface area (Å²) in [5.41, 5.74) is 1.07. The Bertz CT molecular complexity index is 185. The fourth-order valence-electron chi connectivity index (χ4n) is 1.16. The van der Waals surface area contributed by atoms with E-state index in [9.17, 15) is 4.79 Å². The number of carbonyl (C=O) groups excluding carboxylic acids is 1. The summed E-state index contributed by atoms with van der Waals surface area (Å²) in [5, 5.41) is 0. The van der Waals surface area contributed by atoms with E-state index in [1.807, 2.05) is 6.92 Å². The first-order valence-corrected chi connectivity index (χ1v) is 4.70. The second-order valence-electron chi connectivity index (χ2n) is 3.59. The molecule has 2 heteroatoms. The summed E-state index contributed by atoms with van der Waals surface area (Å²) in [6.07, 6.45) is 1.60. The minimum Gasteiger partial charge on any atom is -0.377 e. The van der Waals surface area contributed by atoms with Crippen LogP contribution in [0.15, 0.2) is 12.2 Å². The van der Waals surface area contributed by atoms with Crippen LogP contribution in [0, 0.1) is 5.92 Å². The lowest BCUT2D eigenvalue weighted by molar-refractivity contribution is -0.117. The highest BCUT2D eigenvalue weighted by atomic mass is 16.5. The van der Waals surface area contributed by atoms with Crippen LogP contribution in [0.3, 0.4) is 0 Å². The van der Waals surface area contributed by atoms with Gasteiger partial charge in [-0.05, 0) is 31.8 Å². The molecular weight excluding hydrogens is 164 g/mol. The first kappa shape index (κ1) is 12.4. The Labute approximate surface area is 81.0 Å². The van der Waals surface area contributed by atoms with Crippen LogP contribution in [0.1, 0.15) is 33.6 Å². The molecule has 13 heavy (non-hydrogen) atoms. The highest BCUT2D eigenvalue weighted by Gasteiger charge is 2.13. The van der Waals surface area contributed by atoms with Gasteiger partial charge in [0.05, 0.1) is 6.10 Å². The van der Waals surface area contributed by atoms with Crippen molar-refractivity contribution in [3.05, 3.63) is 12.2 Å². The quantitative estimate of drug-likeness (QED) is 0.593. The Balaban J connectivity index is 3.89. The third-order valence-corrected chi connectivity index (χ3v) is 2.44. The highest BCUT2D eigenvalue weighted by molar-refractivity contribution is 5.75. The zero-order valence-electron chi connectivity index (χ0n) is 9.09. The molecule has 0 bridgehead atoms. The number of methoxy groups -OCH3 is 1. The topological polar surface area (TPSA) is 26.3 Å². The van der Waals surface area contributed by atoms with E-state index in [2.05, 4.69) is 13.5 Å². The van der Waals surface area contributed by atoms with Crippen molar-refractivity contribution >= 4 is 5.78 Å². The lowest BCUT2D eigenvalue weighted by Crippen LogP contribution is -2.14. The van der Waals surface area contributed by atoms with E-state index < -0.39 is 0 Å². The lowest BCUT2D eigenvalue weighted by Gasteiger charge is -2.19. The maximum atomic E-state index is 10.7. The summed E-state index contributed by atoms with van der Waals surface area (Å²) in [7, 11) is 1.67. The van der Waals surface area contributed by atoms with Gasteiger partial charge in [-0.15, -0.1) is 0 Å². The van der Waals surface area contributed by atoms with Crippen molar-refractivity contribution in [3.8, 4) is 0 Å². The maximum absolute atomic E-state index is 10.7. The van der Waals surface area contributed by atoms with Crippen molar-refractivity contribution in [2.75, 3.05) is 7.11 Å². The molecule has 0 aliphatic rings. The molecule has 0 N–H and O–H groups in total. The zero-order valence-corrected chi connectivity index (χ0v) is 9.09.